The van der Waals surface area contributed by atoms with Gasteiger partial charge in [0.2, 0.25) is 0 Å². The maximum Gasteiger partial charge on any atom is 0.191 e. The smallest absolute Gasteiger partial charge is 0.191 e. The SMILES string of the molecule is CCNC(=NCCCC(C)(C)C)NCCCCOCC. The van der Waals surface area contributed by atoms with Crippen LogP contribution in [0.15, 0.2) is 4.99 Å². The molecule has 0 unspecified atom stereocenters. The number of hydrogen-bond acceptors (Lipinski definition) is 2. The summed E-state index contributed by atoms with van der Waals surface area (Å²) in [4.78, 5) is 4.61. The van der Waals surface area contributed by atoms with Crippen molar-refractivity contribution in [3.63, 3.8) is 0 Å². The van der Waals surface area contributed by atoms with E-state index in [1.54, 1.807) is 0 Å². The number of rotatable bonds is 10. The maximum absolute atomic E-state index is 5.33. The summed E-state index contributed by atoms with van der Waals surface area (Å²) in [6.07, 6.45) is 4.57. The van der Waals surface area contributed by atoms with Gasteiger partial charge in [0.25, 0.3) is 0 Å². The van der Waals surface area contributed by atoms with Crippen molar-refractivity contribution in [1.82, 2.24) is 10.6 Å². The molecule has 0 aliphatic carbocycles. The molecule has 0 atom stereocenters. The first-order chi connectivity index (χ1) is 9.49. The topological polar surface area (TPSA) is 45.7 Å². The Bertz CT molecular complexity index is 247. The van der Waals surface area contributed by atoms with E-state index in [4.69, 9.17) is 4.74 Å². The molecule has 0 rings (SSSR count). The standard InChI is InChI=1S/C16H35N3O/c1-6-17-15(18-12-8-9-14-20-7-2)19-13-10-11-16(3,4)5/h6-14H2,1-5H3,(H2,17,18,19). The van der Waals surface area contributed by atoms with Crippen LogP contribution in [0.1, 0.15) is 60.3 Å². The number of hydrogen-bond donors (Lipinski definition) is 2. The molecule has 0 aromatic carbocycles. The highest BCUT2D eigenvalue weighted by Gasteiger charge is 2.08. The first-order valence-corrected chi connectivity index (χ1v) is 8.09. The summed E-state index contributed by atoms with van der Waals surface area (Å²) in [6.45, 7) is 15.4. The summed E-state index contributed by atoms with van der Waals surface area (Å²) in [7, 11) is 0. The summed E-state index contributed by atoms with van der Waals surface area (Å²) in [6, 6.07) is 0. The van der Waals surface area contributed by atoms with Gasteiger partial charge in [-0.3, -0.25) is 4.99 Å². The minimum atomic E-state index is 0.403. The fourth-order valence-corrected chi connectivity index (χ4v) is 1.82. The summed E-state index contributed by atoms with van der Waals surface area (Å²) in [5.74, 6) is 0.942. The highest BCUT2D eigenvalue weighted by molar-refractivity contribution is 5.79. The van der Waals surface area contributed by atoms with Gasteiger partial charge in [-0.2, -0.15) is 0 Å². The van der Waals surface area contributed by atoms with Crippen molar-refractivity contribution < 1.29 is 4.74 Å². The number of guanidine groups is 1. The van der Waals surface area contributed by atoms with Crippen LogP contribution in [-0.4, -0.2) is 38.8 Å². The van der Waals surface area contributed by atoms with E-state index in [0.29, 0.717) is 5.41 Å². The molecule has 0 radical (unpaired) electrons. The number of aliphatic imine (C=N–C) groups is 1. The van der Waals surface area contributed by atoms with Crippen molar-refractivity contribution in [2.75, 3.05) is 32.8 Å². The van der Waals surface area contributed by atoms with Crippen LogP contribution in [0.25, 0.3) is 0 Å². The Morgan fingerprint density at radius 3 is 2.40 bits per heavy atom. The van der Waals surface area contributed by atoms with E-state index in [1.165, 1.54) is 6.42 Å². The summed E-state index contributed by atoms with van der Waals surface area (Å²) < 4.78 is 5.33. The predicted octanol–water partition coefficient (Wildman–Crippen LogP) is 3.18. The van der Waals surface area contributed by atoms with Crippen LogP contribution in [0, 0.1) is 5.41 Å². The van der Waals surface area contributed by atoms with Gasteiger partial charge >= 0.3 is 0 Å². The molecule has 0 saturated carbocycles. The molecule has 0 heterocycles. The highest BCUT2D eigenvalue weighted by Crippen LogP contribution is 2.20. The van der Waals surface area contributed by atoms with Gasteiger partial charge in [0.1, 0.15) is 0 Å². The molecular weight excluding hydrogens is 250 g/mol. The molecule has 0 saturated heterocycles. The van der Waals surface area contributed by atoms with E-state index in [0.717, 1.165) is 58.1 Å². The minimum absolute atomic E-state index is 0.403. The second-order valence-corrected chi connectivity index (χ2v) is 6.26. The third kappa shape index (κ3) is 13.7. The first-order valence-electron chi connectivity index (χ1n) is 8.09. The third-order valence-corrected chi connectivity index (χ3v) is 2.91. The summed E-state index contributed by atoms with van der Waals surface area (Å²) in [5, 5.41) is 6.67. The normalized spacial score (nSPS) is 12.6. The lowest BCUT2D eigenvalue weighted by Crippen LogP contribution is -2.38. The van der Waals surface area contributed by atoms with E-state index in [2.05, 4.69) is 43.3 Å². The van der Waals surface area contributed by atoms with Gasteiger partial charge < -0.3 is 15.4 Å². The average molecular weight is 285 g/mol. The van der Waals surface area contributed by atoms with Gasteiger partial charge in [0.15, 0.2) is 5.96 Å². The van der Waals surface area contributed by atoms with E-state index in [1.807, 2.05) is 6.92 Å². The molecule has 2 N–H and O–H groups in total. The molecule has 0 aliphatic heterocycles. The quantitative estimate of drug-likeness (QED) is 0.368. The van der Waals surface area contributed by atoms with Crippen LogP contribution in [-0.2, 0) is 4.74 Å². The van der Waals surface area contributed by atoms with Crippen LogP contribution in [0.4, 0.5) is 0 Å². The van der Waals surface area contributed by atoms with E-state index < -0.39 is 0 Å². The molecular formula is C16H35N3O. The number of nitrogens with zero attached hydrogens (tertiary/aromatic N) is 1. The van der Waals surface area contributed by atoms with Gasteiger partial charge in [-0.15, -0.1) is 0 Å². The molecule has 120 valence electrons. The molecule has 0 aromatic heterocycles. The summed E-state index contributed by atoms with van der Waals surface area (Å²) in [5.41, 5.74) is 0.403. The molecule has 0 bridgehead atoms. The average Bonchev–Trinajstić information content (AvgIpc) is 2.37. The first kappa shape index (κ1) is 19.2. The van der Waals surface area contributed by atoms with E-state index in [9.17, 15) is 0 Å². The molecule has 0 amide bonds. The third-order valence-electron chi connectivity index (χ3n) is 2.91. The van der Waals surface area contributed by atoms with Gasteiger partial charge in [0.05, 0.1) is 0 Å². The van der Waals surface area contributed by atoms with Crippen LogP contribution >= 0.6 is 0 Å². The largest absolute Gasteiger partial charge is 0.382 e. The van der Waals surface area contributed by atoms with Crippen molar-refractivity contribution in [3.8, 4) is 0 Å². The van der Waals surface area contributed by atoms with Crippen molar-refractivity contribution in [2.24, 2.45) is 10.4 Å². The second kappa shape index (κ2) is 12.0. The van der Waals surface area contributed by atoms with Crippen LogP contribution in [0.5, 0.6) is 0 Å². The minimum Gasteiger partial charge on any atom is -0.382 e. The van der Waals surface area contributed by atoms with Crippen molar-refractivity contribution in [3.05, 3.63) is 0 Å². The lowest BCUT2D eigenvalue weighted by molar-refractivity contribution is 0.143. The van der Waals surface area contributed by atoms with Crippen molar-refractivity contribution in [2.45, 2.75) is 60.3 Å². The zero-order chi connectivity index (χ0) is 15.3. The molecule has 4 heteroatoms. The van der Waals surface area contributed by atoms with E-state index >= 15 is 0 Å². The number of nitrogens with one attached hydrogen (secondary N) is 2. The Labute approximate surface area is 125 Å². The molecule has 0 aromatic rings. The highest BCUT2D eigenvalue weighted by atomic mass is 16.5. The van der Waals surface area contributed by atoms with Crippen molar-refractivity contribution >= 4 is 5.96 Å². The Balaban J connectivity index is 3.79. The predicted molar refractivity (Wildman–Crippen MR) is 88.4 cm³/mol. The molecule has 0 spiro atoms. The monoisotopic (exact) mass is 285 g/mol. The van der Waals surface area contributed by atoms with Gasteiger partial charge in [-0.1, -0.05) is 20.8 Å². The zero-order valence-corrected chi connectivity index (χ0v) is 14.2. The number of unbranched alkanes of at least 4 members (excludes halogenated alkanes) is 1. The van der Waals surface area contributed by atoms with Crippen LogP contribution in [0.2, 0.25) is 0 Å². The lowest BCUT2D eigenvalue weighted by atomic mass is 9.91. The molecule has 20 heavy (non-hydrogen) atoms. The molecule has 0 aliphatic rings. The fourth-order valence-electron chi connectivity index (χ4n) is 1.82. The fraction of sp³-hybridized carbons (Fsp3) is 0.938. The second-order valence-electron chi connectivity index (χ2n) is 6.26. The molecule has 4 nitrogen and oxygen atoms in total. The Morgan fingerprint density at radius 2 is 1.80 bits per heavy atom. The van der Waals surface area contributed by atoms with Gasteiger partial charge in [-0.25, -0.2) is 0 Å². The van der Waals surface area contributed by atoms with Crippen LogP contribution in [0.3, 0.4) is 0 Å². The lowest BCUT2D eigenvalue weighted by Gasteiger charge is -2.17. The Hall–Kier alpha value is -0.770. The Morgan fingerprint density at radius 1 is 1.05 bits per heavy atom. The van der Waals surface area contributed by atoms with E-state index in [-0.39, 0.29) is 0 Å². The Kier molecular flexibility index (Phi) is 11.5. The van der Waals surface area contributed by atoms with Gasteiger partial charge in [-0.05, 0) is 44.9 Å². The van der Waals surface area contributed by atoms with Crippen molar-refractivity contribution in [1.29, 1.82) is 0 Å². The molecule has 0 fully saturated rings. The zero-order valence-electron chi connectivity index (χ0n) is 14.2. The number of ether oxygens (including phenoxy) is 1. The van der Waals surface area contributed by atoms with Gasteiger partial charge in [0, 0.05) is 32.8 Å². The summed E-state index contributed by atoms with van der Waals surface area (Å²) >= 11 is 0. The van der Waals surface area contributed by atoms with Crippen LogP contribution < -0.4 is 10.6 Å². The maximum atomic E-state index is 5.33.